The van der Waals surface area contributed by atoms with E-state index >= 15 is 0 Å². The highest BCUT2D eigenvalue weighted by Crippen LogP contribution is 2.49. The molecule has 1 aliphatic rings. The first kappa shape index (κ1) is 17.3. The van der Waals surface area contributed by atoms with E-state index in [0.29, 0.717) is 17.0 Å². The van der Waals surface area contributed by atoms with Gasteiger partial charge in [-0.1, -0.05) is 42.5 Å². The molecule has 0 fully saturated rings. The van der Waals surface area contributed by atoms with Gasteiger partial charge >= 0.3 is 5.97 Å². The molecule has 27 heavy (non-hydrogen) atoms. The zero-order chi connectivity index (χ0) is 19.0. The maximum atomic E-state index is 12.4. The Labute approximate surface area is 160 Å². The zero-order valence-corrected chi connectivity index (χ0v) is 15.4. The largest absolute Gasteiger partial charge is 0.497 e. The SMILES string of the molecule is COc1cccc([C@@H]2CC(=O)Nc3c2sc(C(=O)O)c3-c2ccccc2)c1. The summed E-state index contributed by atoms with van der Waals surface area (Å²) < 4.78 is 5.31. The fraction of sp³-hybridized carbons (Fsp3) is 0.143. The summed E-state index contributed by atoms with van der Waals surface area (Å²) in [5.41, 5.74) is 2.89. The number of carbonyl (C=O) groups excluding carboxylic acids is 1. The number of fused-ring (bicyclic) bond motifs is 1. The lowest BCUT2D eigenvalue weighted by Crippen LogP contribution is -2.22. The van der Waals surface area contributed by atoms with Crippen LogP contribution in [-0.4, -0.2) is 24.1 Å². The Hall–Kier alpha value is -3.12. The van der Waals surface area contributed by atoms with E-state index in [4.69, 9.17) is 4.74 Å². The highest BCUT2D eigenvalue weighted by molar-refractivity contribution is 7.15. The van der Waals surface area contributed by atoms with Crippen molar-refractivity contribution in [2.75, 3.05) is 12.4 Å². The summed E-state index contributed by atoms with van der Waals surface area (Å²) in [6, 6.07) is 16.9. The number of anilines is 1. The van der Waals surface area contributed by atoms with E-state index < -0.39 is 5.97 Å². The number of ether oxygens (including phenoxy) is 1. The van der Waals surface area contributed by atoms with E-state index in [-0.39, 0.29) is 23.1 Å². The number of benzene rings is 2. The van der Waals surface area contributed by atoms with Gasteiger partial charge in [0.15, 0.2) is 0 Å². The zero-order valence-electron chi connectivity index (χ0n) is 14.6. The van der Waals surface area contributed by atoms with Crippen LogP contribution in [0.1, 0.15) is 32.5 Å². The molecule has 0 saturated carbocycles. The van der Waals surface area contributed by atoms with Crippen LogP contribution in [0.25, 0.3) is 11.1 Å². The fourth-order valence-electron chi connectivity index (χ4n) is 3.45. The van der Waals surface area contributed by atoms with Crippen LogP contribution in [0.2, 0.25) is 0 Å². The van der Waals surface area contributed by atoms with Gasteiger partial charge in [-0.2, -0.15) is 0 Å². The normalized spacial score (nSPS) is 15.7. The molecule has 2 heterocycles. The van der Waals surface area contributed by atoms with Crippen LogP contribution < -0.4 is 10.1 Å². The lowest BCUT2D eigenvalue weighted by molar-refractivity contribution is -0.116. The lowest BCUT2D eigenvalue weighted by Gasteiger charge is -2.24. The van der Waals surface area contributed by atoms with Gasteiger partial charge in [-0.05, 0) is 23.3 Å². The van der Waals surface area contributed by atoms with Crippen molar-refractivity contribution in [2.24, 2.45) is 0 Å². The standard InChI is InChI=1S/C21H17NO4S/c1-26-14-9-5-8-13(10-14)15-11-16(23)22-18-17(12-6-3-2-4-7-12)20(21(24)25)27-19(15)18/h2-10,15H,11H2,1H3,(H,22,23)(H,24,25)/t15-/m0/s1. The van der Waals surface area contributed by atoms with Crippen LogP contribution in [0.5, 0.6) is 5.75 Å². The number of methoxy groups -OCH3 is 1. The molecule has 1 aliphatic heterocycles. The molecule has 4 rings (SSSR count). The average Bonchev–Trinajstić information content (AvgIpc) is 3.07. The molecule has 0 spiro atoms. The van der Waals surface area contributed by atoms with E-state index in [1.165, 1.54) is 11.3 Å². The van der Waals surface area contributed by atoms with Crippen LogP contribution >= 0.6 is 11.3 Å². The number of rotatable bonds is 4. The molecular formula is C21H17NO4S. The van der Waals surface area contributed by atoms with E-state index in [2.05, 4.69) is 5.32 Å². The molecule has 1 amide bonds. The number of carbonyl (C=O) groups is 2. The quantitative estimate of drug-likeness (QED) is 0.695. The van der Waals surface area contributed by atoms with Crippen LogP contribution in [0, 0.1) is 0 Å². The predicted molar refractivity (Wildman–Crippen MR) is 105 cm³/mol. The fourth-order valence-corrected chi connectivity index (χ4v) is 4.69. The van der Waals surface area contributed by atoms with Gasteiger partial charge in [-0.15, -0.1) is 11.3 Å². The van der Waals surface area contributed by atoms with Crippen LogP contribution in [0.15, 0.2) is 54.6 Å². The van der Waals surface area contributed by atoms with Crippen molar-refractivity contribution < 1.29 is 19.4 Å². The third-order valence-corrected chi connectivity index (χ3v) is 5.95. The summed E-state index contributed by atoms with van der Waals surface area (Å²) >= 11 is 1.23. The van der Waals surface area contributed by atoms with Gasteiger partial charge < -0.3 is 15.2 Å². The molecule has 1 aromatic heterocycles. The van der Waals surface area contributed by atoms with Crippen LogP contribution in [-0.2, 0) is 4.79 Å². The molecule has 6 heteroatoms. The van der Waals surface area contributed by atoms with Gasteiger partial charge in [0.05, 0.1) is 12.8 Å². The van der Waals surface area contributed by atoms with E-state index in [9.17, 15) is 14.7 Å². The minimum Gasteiger partial charge on any atom is -0.497 e. The number of thiophene rings is 1. The molecule has 0 radical (unpaired) electrons. The highest BCUT2D eigenvalue weighted by Gasteiger charge is 2.34. The van der Waals surface area contributed by atoms with Gasteiger partial charge in [-0.25, -0.2) is 4.79 Å². The monoisotopic (exact) mass is 379 g/mol. The van der Waals surface area contributed by atoms with Crippen molar-refractivity contribution in [3.63, 3.8) is 0 Å². The Morgan fingerprint density at radius 3 is 2.67 bits per heavy atom. The van der Waals surface area contributed by atoms with Gasteiger partial charge in [-0.3, -0.25) is 4.79 Å². The predicted octanol–water partition coefficient (Wildman–Crippen LogP) is 4.60. The molecule has 136 valence electrons. The molecule has 2 N–H and O–H groups in total. The van der Waals surface area contributed by atoms with Gasteiger partial charge in [0.25, 0.3) is 0 Å². The number of carboxylic acids is 1. The first-order valence-electron chi connectivity index (χ1n) is 8.47. The molecule has 1 atom stereocenters. The Morgan fingerprint density at radius 1 is 1.19 bits per heavy atom. The minimum atomic E-state index is -0.994. The van der Waals surface area contributed by atoms with E-state index in [1.807, 2.05) is 54.6 Å². The van der Waals surface area contributed by atoms with Crippen molar-refractivity contribution in [3.05, 3.63) is 69.9 Å². The Balaban J connectivity index is 1.92. The van der Waals surface area contributed by atoms with Gasteiger partial charge in [0.2, 0.25) is 5.91 Å². The molecule has 0 aliphatic carbocycles. The molecule has 0 unspecified atom stereocenters. The Bertz CT molecular complexity index is 1030. The third-order valence-electron chi connectivity index (χ3n) is 4.66. The second kappa shape index (κ2) is 6.89. The number of hydrogen-bond donors (Lipinski definition) is 2. The number of carboxylic acid groups (broad SMARTS) is 1. The summed E-state index contributed by atoms with van der Waals surface area (Å²) in [5.74, 6) is -0.614. The van der Waals surface area contributed by atoms with Gasteiger partial charge in [0.1, 0.15) is 10.6 Å². The summed E-state index contributed by atoms with van der Waals surface area (Å²) in [6.45, 7) is 0. The summed E-state index contributed by atoms with van der Waals surface area (Å²) in [5, 5.41) is 12.7. The van der Waals surface area contributed by atoms with Crippen molar-refractivity contribution in [2.45, 2.75) is 12.3 Å². The number of nitrogens with one attached hydrogen (secondary N) is 1. The molecular weight excluding hydrogens is 362 g/mol. The van der Waals surface area contributed by atoms with Crippen molar-refractivity contribution in [1.29, 1.82) is 0 Å². The van der Waals surface area contributed by atoms with E-state index in [0.717, 1.165) is 16.0 Å². The first-order valence-corrected chi connectivity index (χ1v) is 9.29. The molecule has 3 aromatic rings. The van der Waals surface area contributed by atoms with Crippen LogP contribution in [0.4, 0.5) is 5.69 Å². The second-order valence-electron chi connectivity index (χ2n) is 6.30. The first-order chi connectivity index (χ1) is 13.1. The summed E-state index contributed by atoms with van der Waals surface area (Å²) in [7, 11) is 1.60. The Morgan fingerprint density at radius 2 is 1.96 bits per heavy atom. The smallest absolute Gasteiger partial charge is 0.346 e. The maximum absolute atomic E-state index is 12.4. The highest BCUT2D eigenvalue weighted by atomic mass is 32.1. The number of aromatic carboxylic acids is 1. The van der Waals surface area contributed by atoms with E-state index in [1.54, 1.807) is 7.11 Å². The van der Waals surface area contributed by atoms with Crippen molar-refractivity contribution in [3.8, 4) is 16.9 Å². The van der Waals surface area contributed by atoms with Crippen molar-refractivity contribution >= 4 is 28.9 Å². The summed E-state index contributed by atoms with van der Waals surface area (Å²) in [6.07, 6.45) is 0.272. The molecule has 0 bridgehead atoms. The maximum Gasteiger partial charge on any atom is 0.346 e. The third kappa shape index (κ3) is 3.08. The van der Waals surface area contributed by atoms with Crippen LogP contribution in [0.3, 0.4) is 0 Å². The number of amides is 1. The van der Waals surface area contributed by atoms with Gasteiger partial charge in [0, 0.05) is 22.8 Å². The topological polar surface area (TPSA) is 75.6 Å². The van der Waals surface area contributed by atoms with Crippen molar-refractivity contribution in [1.82, 2.24) is 0 Å². The lowest BCUT2D eigenvalue weighted by atomic mass is 9.88. The second-order valence-corrected chi connectivity index (χ2v) is 7.35. The molecule has 2 aromatic carbocycles. The summed E-state index contributed by atoms with van der Waals surface area (Å²) in [4.78, 5) is 25.5. The Kier molecular flexibility index (Phi) is 4.41. The minimum absolute atomic E-state index is 0.123. The molecule has 5 nitrogen and oxygen atoms in total. The number of hydrogen-bond acceptors (Lipinski definition) is 4. The average molecular weight is 379 g/mol. The molecule has 0 saturated heterocycles.